The van der Waals surface area contributed by atoms with Crippen molar-refractivity contribution < 1.29 is 23.8 Å². The summed E-state index contributed by atoms with van der Waals surface area (Å²) in [4.78, 5) is 25.0. The lowest BCUT2D eigenvalue weighted by atomic mass is 9.97. The summed E-state index contributed by atoms with van der Waals surface area (Å²) in [5.74, 6) is 0.0685. The van der Waals surface area contributed by atoms with Crippen LogP contribution in [0.1, 0.15) is 61.9 Å². The van der Waals surface area contributed by atoms with E-state index in [1.54, 1.807) is 31.2 Å². The van der Waals surface area contributed by atoms with Gasteiger partial charge in [0.25, 0.3) is 5.91 Å². The molecule has 2 aromatic rings. The first-order valence-electron chi connectivity index (χ1n) is 10.9. The van der Waals surface area contributed by atoms with E-state index in [1.807, 2.05) is 24.3 Å². The molecular weight excluding hydrogens is 394 g/mol. The maximum absolute atomic E-state index is 12.6. The van der Waals surface area contributed by atoms with E-state index in [4.69, 9.17) is 14.2 Å². The molecule has 0 saturated carbocycles. The molecule has 1 aliphatic rings. The highest BCUT2D eigenvalue weighted by Crippen LogP contribution is 2.26. The summed E-state index contributed by atoms with van der Waals surface area (Å²) in [5, 5.41) is 2.89. The third kappa shape index (κ3) is 6.31. The summed E-state index contributed by atoms with van der Waals surface area (Å²) in [6.07, 6.45) is 2.24. The highest BCUT2D eigenvalue weighted by molar-refractivity contribution is 5.97. The van der Waals surface area contributed by atoms with Crippen LogP contribution in [0, 0.1) is 0 Å². The van der Waals surface area contributed by atoms with E-state index in [-0.39, 0.29) is 12.0 Å². The predicted molar refractivity (Wildman–Crippen MR) is 120 cm³/mol. The SMILES string of the molecule is CC[C@H](C)c1ccccc1NC(=O)[C@H](C)OC(=O)c1ccc(OC[C@@H]2CCCO2)cc1. The summed E-state index contributed by atoms with van der Waals surface area (Å²) in [6, 6.07) is 14.4. The van der Waals surface area contributed by atoms with Crippen molar-refractivity contribution in [2.45, 2.75) is 58.2 Å². The molecule has 1 aliphatic heterocycles. The van der Waals surface area contributed by atoms with Crippen LogP contribution in [0.2, 0.25) is 0 Å². The van der Waals surface area contributed by atoms with Crippen LogP contribution in [0.15, 0.2) is 48.5 Å². The molecule has 2 aromatic carbocycles. The zero-order valence-electron chi connectivity index (χ0n) is 18.4. The minimum absolute atomic E-state index is 0.134. The Hall–Kier alpha value is -2.86. The smallest absolute Gasteiger partial charge is 0.338 e. The average Bonchev–Trinajstić information content (AvgIpc) is 3.31. The first-order chi connectivity index (χ1) is 15.0. The van der Waals surface area contributed by atoms with Gasteiger partial charge in [-0.2, -0.15) is 0 Å². The van der Waals surface area contributed by atoms with E-state index >= 15 is 0 Å². The number of carbonyl (C=O) groups is 2. The lowest BCUT2D eigenvalue weighted by molar-refractivity contribution is -0.123. The van der Waals surface area contributed by atoms with Gasteiger partial charge in [0, 0.05) is 12.3 Å². The Morgan fingerprint density at radius 3 is 2.55 bits per heavy atom. The van der Waals surface area contributed by atoms with Gasteiger partial charge < -0.3 is 19.5 Å². The van der Waals surface area contributed by atoms with E-state index in [1.165, 1.54) is 0 Å². The Balaban J connectivity index is 1.53. The second kappa shape index (κ2) is 11.0. The average molecular weight is 426 g/mol. The standard InChI is InChI=1S/C25H31NO5/c1-4-17(2)22-9-5-6-10-23(22)26-24(27)18(3)31-25(28)19-11-13-20(14-12-19)30-16-21-8-7-15-29-21/h5-6,9-14,17-18,21H,4,7-8,15-16H2,1-3H3,(H,26,27)/t17-,18-,21-/m0/s1. The number of rotatable bonds is 9. The largest absolute Gasteiger partial charge is 0.491 e. The zero-order valence-corrected chi connectivity index (χ0v) is 18.4. The quantitative estimate of drug-likeness (QED) is 0.576. The molecule has 31 heavy (non-hydrogen) atoms. The maximum atomic E-state index is 12.6. The third-order valence-corrected chi connectivity index (χ3v) is 5.56. The van der Waals surface area contributed by atoms with E-state index in [0.29, 0.717) is 23.8 Å². The van der Waals surface area contributed by atoms with Crippen molar-refractivity contribution in [1.82, 2.24) is 0 Å². The van der Waals surface area contributed by atoms with Crippen molar-refractivity contribution in [3.8, 4) is 5.75 Å². The zero-order chi connectivity index (χ0) is 22.2. The van der Waals surface area contributed by atoms with Gasteiger partial charge in [-0.05, 0) is 68.0 Å². The summed E-state index contributed by atoms with van der Waals surface area (Å²) >= 11 is 0. The molecule has 0 radical (unpaired) electrons. The molecular formula is C25H31NO5. The number of hydrogen-bond acceptors (Lipinski definition) is 5. The molecule has 6 nitrogen and oxygen atoms in total. The fraction of sp³-hybridized carbons (Fsp3) is 0.440. The van der Waals surface area contributed by atoms with E-state index in [0.717, 1.165) is 37.1 Å². The van der Waals surface area contributed by atoms with Gasteiger partial charge in [-0.1, -0.05) is 32.0 Å². The second-order valence-electron chi connectivity index (χ2n) is 7.90. The minimum Gasteiger partial charge on any atom is -0.491 e. The molecule has 1 saturated heterocycles. The lowest BCUT2D eigenvalue weighted by Gasteiger charge is -2.18. The van der Waals surface area contributed by atoms with Crippen molar-refractivity contribution in [3.05, 3.63) is 59.7 Å². The third-order valence-electron chi connectivity index (χ3n) is 5.56. The highest BCUT2D eigenvalue weighted by atomic mass is 16.5. The van der Waals surface area contributed by atoms with Crippen molar-refractivity contribution >= 4 is 17.6 Å². The van der Waals surface area contributed by atoms with Gasteiger partial charge in [0.2, 0.25) is 0 Å². The van der Waals surface area contributed by atoms with Gasteiger partial charge in [-0.3, -0.25) is 4.79 Å². The first-order valence-corrected chi connectivity index (χ1v) is 10.9. The van der Waals surface area contributed by atoms with Crippen LogP contribution in [0.5, 0.6) is 5.75 Å². The molecule has 1 fully saturated rings. The number of ether oxygens (including phenoxy) is 3. The molecule has 0 spiro atoms. The molecule has 0 aromatic heterocycles. The number of esters is 1. The number of hydrogen-bond donors (Lipinski definition) is 1. The van der Waals surface area contributed by atoms with Gasteiger partial charge in [-0.15, -0.1) is 0 Å². The van der Waals surface area contributed by atoms with Crippen molar-refractivity contribution in [3.63, 3.8) is 0 Å². The molecule has 1 amide bonds. The summed E-state index contributed by atoms with van der Waals surface area (Å²) < 4.78 is 16.6. The van der Waals surface area contributed by atoms with Crippen LogP contribution in [-0.4, -0.2) is 37.3 Å². The molecule has 0 aliphatic carbocycles. The van der Waals surface area contributed by atoms with E-state index < -0.39 is 12.1 Å². The summed E-state index contributed by atoms with van der Waals surface area (Å²) in [5.41, 5.74) is 2.18. The molecule has 1 N–H and O–H groups in total. The van der Waals surface area contributed by atoms with Gasteiger partial charge >= 0.3 is 5.97 Å². The van der Waals surface area contributed by atoms with Crippen LogP contribution in [-0.2, 0) is 14.3 Å². The summed E-state index contributed by atoms with van der Waals surface area (Å²) in [6.45, 7) is 7.07. The number of anilines is 1. The monoisotopic (exact) mass is 425 g/mol. The maximum Gasteiger partial charge on any atom is 0.338 e. The van der Waals surface area contributed by atoms with Crippen molar-refractivity contribution in [1.29, 1.82) is 0 Å². The number of nitrogens with one attached hydrogen (secondary N) is 1. The Morgan fingerprint density at radius 1 is 1.13 bits per heavy atom. The van der Waals surface area contributed by atoms with Gasteiger partial charge in [0.1, 0.15) is 12.4 Å². The molecule has 6 heteroatoms. The molecule has 3 atom stereocenters. The fourth-order valence-corrected chi connectivity index (χ4v) is 3.43. The second-order valence-corrected chi connectivity index (χ2v) is 7.90. The predicted octanol–water partition coefficient (Wildman–Crippen LogP) is 4.94. The van der Waals surface area contributed by atoms with Gasteiger partial charge in [-0.25, -0.2) is 4.79 Å². The highest BCUT2D eigenvalue weighted by Gasteiger charge is 2.21. The van der Waals surface area contributed by atoms with Crippen LogP contribution in [0.4, 0.5) is 5.69 Å². The minimum atomic E-state index is -0.923. The fourth-order valence-electron chi connectivity index (χ4n) is 3.43. The molecule has 0 unspecified atom stereocenters. The van der Waals surface area contributed by atoms with Crippen LogP contribution in [0.3, 0.4) is 0 Å². The Labute approximate surface area is 183 Å². The Kier molecular flexibility index (Phi) is 8.06. The summed E-state index contributed by atoms with van der Waals surface area (Å²) in [7, 11) is 0. The number of benzene rings is 2. The molecule has 0 bridgehead atoms. The molecule has 166 valence electrons. The van der Waals surface area contributed by atoms with Gasteiger partial charge in [0.05, 0.1) is 11.7 Å². The number of carbonyl (C=O) groups excluding carboxylic acids is 2. The topological polar surface area (TPSA) is 73.9 Å². The van der Waals surface area contributed by atoms with Crippen molar-refractivity contribution in [2.24, 2.45) is 0 Å². The van der Waals surface area contributed by atoms with E-state index in [9.17, 15) is 9.59 Å². The lowest BCUT2D eigenvalue weighted by Crippen LogP contribution is -2.30. The first kappa shape index (κ1) is 22.8. The van der Waals surface area contributed by atoms with E-state index in [2.05, 4.69) is 19.2 Å². The Bertz CT molecular complexity index is 874. The van der Waals surface area contributed by atoms with Crippen LogP contribution < -0.4 is 10.1 Å². The van der Waals surface area contributed by atoms with Crippen LogP contribution >= 0.6 is 0 Å². The normalized spacial score (nSPS) is 17.6. The molecule has 1 heterocycles. The van der Waals surface area contributed by atoms with Crippen LogP contribution in [0.25, 0.3) is 0 Å². The number of para-hydroxylation sites is 1. The van der Waals surface area contributed by atoms with Gasteiger partial charge in [0.15, 0.2) is 6.10 Å². The molecule has 3 rings (SSSR count). The number of amides is 1. The Morgan fingerprint density at radius 2 is 1.87 bits per heavy atom. The van der Waals surface area contributed by atoms with Crippen molar-refractivity contribution in [2.75, 3.05) is 18.5 Å².